The summed E-state index contributed by atoms with van der Waals surface area (Å²) in [6.45, 7) is 0.0597. The van der Waals surface area contributed by atoms with Crippen molar-refractivity contribution in [3.05, 3.63) is 65.2 Å². The molecule has 1 heterocycles. The van der Waals surface area contributed by atoms with E-state index in [1.54, 1.807) is 42.5 Å². The lowest BCUT2D eigenvalue weighted by atomic mass is 9.93. The molecule has 7 heteroatoms. The van der Waals surface area contributed by atoms with Crippen molar-refractivity contribution in [3.63, 3.8) is 0 Å². The molecule has 4 atom stereocenters. The summed E-state index contributed by atoms with van der Waals surface area (Å²) in [6.07, 6.45) is -3.04. The van der Waals surface area contributed by atoms with E-state index in [2.05, 4.69) is 0 Å². The van der Waals surface area contributed by atoms with Gasteiger partial charge in [0.2, 0.25) is 0 Å². The van der Waals surface area contributed by atoms with Crippen LogP contribution in [0.5, 0.6) is 5.75 Å². The lowest BCUT2D eigenvalue weighted by Crippen LogP contribution is -2.44. The first-order valence-corrected chi connectivity index (χ1v) is 9.04. The Labute approximate surface area is 163 Å². The van der Waals surface area contributed by atoms with Gasteiger partial charge in [0, 0.05) is 6.42 Å². The Kier molecular flexibility index (Phi) is 6.64. The quantitative estimate of drug-likeness (QED) is 0.646. The molecule has 0 radical (unpaired) electrons. The number of rotatable bonds is 6. The van der Waals surface area contributed by atoms with Gasteiger partial charge < -0.3 is 29.5 Å². The molecule has 28 heavy (non-hydrogen) atoms. The van der Waals surface area contributed by atoms with Crippen molar-refractivity contribution < 1.29 is 34.3 Å². The Balaban J connectivity index is 1.64. The maximum absolute atomic E-state index is 11.6. The lowest BCUT2D eigenvalue weighted by molar-refractivity contribution is -0.179. The minimum Gasteiger partial charge on any atom is -0.489 e. The molecule has 1 unspecified atom stereocenters. The third kappa shape index (κ3) is 4.69. The largest absolute Gasteiger partial charge is 0.489 e. The lowest BCUT2D eigenvalue weighted by Gasteiger charge is -2.36. The number of hydrogen-bond donors (Lipinski definition) is 3. The summed E-state index contributed by atoms with van der Waals surface area (Å²) >= 11 is 0. The van der Waals surface area contributed by atoms with Crippen molar-refractivity contribution in [1.29, 1.82) is 0 Å². The van der Waals surface area contributed by atoms with Crippen LogP contribution in [0.2, 0.25) is 0 Å². The smallest absolute Gasteiger partial charge is 0.337 e. The number of carbonyl (C=O) groups is 1. The van der Waals surface area contributed by atoms with Gasteiger partial charge in [-0.3, -0.25) is 0 Å². The first-order valence-electron chi connectivity index (χ1n) is 9.04. The average Bonchev–Trinajstić information content (AvgIpc) is 2.74. The molecule has 1 aliphatic heterocycles. The molecule has 1 fully saturated rings. The Bertz CT molecular complexity index is 790. The summed E-state index contributed by atoms with van der Waals surface area (Å²) in [5.41, 5.74) is 1.97. The van der Waals surface area contributed by atoms with Gasteiger partial charge in [0.25, 0.3) is 0 Å². The summed E-state index contributed by atoms with van der Waals surface area (Å²) in [7, 11) is 1.34. The molecule has 0 aliphatic carbocycles. The van der Waals surface area contributed by atoms with E-state index < -0.39 is 30.4 Å². The van der Waals surface area contributed by atoms with Crippen LogP contribution in [0, 0.1) is 0 Å². The molecule has 1 aliphatic rings. The van der Waals surface area contributed by atoms with Gasteiger partial charge in [-0.05, 0) is 35.4 Å². The molecule has 7 nitrogen and oxygen atoms in total. The average molecular weight is 388 g/mol. The molecule has 0 amide bonds. The molecular weight excluding hydrogens is 364 g/mol. The minimum atomic E-state index is -1.06. The molecule has 3 rings (SSSR count). The highest BCUT2D eigenvalue weighted by Crippen LogP contribution is 2.32. The number of benzene rings is 2. The predicted octanol–water partition coefficient (Wildman–Crippen LogP) is 1.60. The molecule has 0 bridgehead atoms. The molecule has 2 aromatic rings. The molecule has 3 N–H and O–H groups in total. The van der Waals surface area contributed by atoms with Crippen LogP contribution < -0.4 is 4.74 Å². The van der Waals surface area contributed by atoms with Crippen molar-refractivity contribution in [2.75, 3.05) is 13.7 Å². The summed E-state index contributed by atoms with van der Waals surface area (Å²) in [5.74, 6) is 0.206. The number of esters is 1. The van der Waals surface area contributed by atoms with Crippen LogP contribution in [0.25, 0.3) is 0 Å². The van der Waals surface area contributed by atoms with Gasteiger partial charge in [0.05, 0.1) is 31.5 Å². The van der Waals surface area contributed by atoms with Crippen molar-refractivity contribution in [1.82, 2.24) is 0 Å². The van der Waals surface area contributed by atoms with Crippen molar-refractivity contribution >= 4 is 5.97 Å². The zero-order valence-corrected chi connectivity index (χ0v) is 15.5. The summed E-state index contributed by atoms with van der Waals surface area (Å²) in [6, 6.07) is 14.0. The van der Waals surface area contributed by atoms with E-state index in [-0.39, 0.29) is 19.6 Å². The Morgan fingerprint density at radius 2 is 1.93 bits per heavy atom. The second kappa shape index (κ2) is 9.16. The maximum Gasteiger partial charge on any atom is 0.337 e. The number of methoxy groups -OCH3 is 1. The van der Waals surface area contributed by atoms with Crippen molar-refractivity contribution in [3.8, 4) is 5.75 Å². The van der Waals surface area contributed by atoms with Crippen LogP contribution in [-0.4, -0.2) is 53.3 Å². The number of hydrogen-bond acceptors (Lipinski definition) is 7. The van der Waals surface area contributed by atoms with Gasteiger partial charge in [0.1, 0.15) is 24.6 Å². The highest BCUT2D eigenvalue weighted by Gasteiger charge is 2.37. The number of aliphatic hydroxyl groups excluding tert-OH is 3. The second-order valence-electron chi connectivity index (χ2n) is 6.70. The van der Waals surface area contributed by atoms with Crippen LogP contribution in [0.4, 0.5) is 0 Å². The van der Waals surface area contributed by atoms with E-state index in [4.69, 9.17) is 14.2 Å². The molecule has 0 spiro atoms. The van der Waals surface area contributed by atoms with Gasteiger partial charge in [0.15, 0.2) is 0 Å². The summed E-state index contributed by atoms with van der Waals surface area (Å²) in [4.78, 5) is 11.6. The Morgan fingerprint density at radius 1 is 1.18 bits per heavy atom. The predicted molar refractivity (Wildman–Crippen MR) is 99.9 cm³/mol. The van der Waals surface area contributed by atoms with Gasteiger partial charge in [-0.1, -0.05) is 24.3 Å². The van der Waals surface area contributed by atoms with Crippen molar-refractivity contribution in [2.24, 2.45) is 0 Å². The fourth-order valence-corrected chi connectivity index (χ4v) is 3.17. The minimum absolute atomic E-state index is 0.194. The molecule has 1 saturated heterocycles. The van der Waals surface area contributed by atoms with Gasteiger partial charge >= 0.3 is 5.97 Å². The molecule has 0 saturated carbocycles. The number of ether oxygens (including phenoxy) is 3. The summed E-state index contributed by atoms with van der Waals surface area (Å²) < 4.78 is 16.1. The van der Waals surface area contributed by atoms with Crippen LogP contribution in [-0.2, 0) is 16.1 Å². The van der Waals surface area contributed by atoms with Crippen LogP contribution in [0.1, 0.15) is 34.0 Å². The van der Waals surface area contributed by atoms with E-state index >= 15 is 0 Å². The van der Waals surface area contributed by atoms with E-state index in [1.807, 2.05) is 6.07 Å². The fourth-order valence-electron chi connectivity index (χ4n) is 3.17. The first-order chi connectivity index (χ1) is 13.5. The topological polar surface area (TPSA) is 105 Å². The van der Waals surface area contributed by atoms with Crippen LogP contribution in [0.15, 0.2) is 48.5 Å². The van der Waals surface area contributed by atoms with Crippen molar-refractivity contribution in [2.45, 2.75) is 37.4 Å². The highest BCUT2D eigenvalue weighted by molar-refractivity contribution is 5.89. The first kappa shape index (κ1) is 20.3. The second-order valence-corrected chi connectivity index (χ2v) is 6.70. The SMILES string of the molecule is COC(=O)c1cccc(COc2ccc(C3O[C@H](CO)C[C@H](O)[C@@H]3O)cc2)c1. The van der Waals surface area contributed by atoms with E-state index in [1.165, 1.54) is 7.11 Å². The monoisotopic (exact) mass is 388 g/mol. The molecular formula is C21H24O7. The van der Waals surface area contributed by atoms with Crippen LogP contribution >= 0.6 is 0 Å². The number of carbonyl (C=O) groups excluding carboxylic acids is 1. The Hall–Kier alpha value is -2.45. The van der Waals surface area contributed by atoms with Gasteiger partial charge in [-0.2, -0.15) is 0 Å². The van der Waals surface area contributed by atoms with Gasteiger partial charge in [-0.25, -0.2) is 4.79 Å². The third-order valence-corrected chi connectivity index (χ3v) is 4.71. The van der Waals surface area contributed by atoms with Crippen LogP contribution in [0.3, 0.4) is 0 Å². The van der Waals surface area contributed by atoms with E-state index in [0.717, 1.165) is 5.56 Å². The normalized spacial score (nSPS) is 24.6. The molecule has 0 aromatic heterocycles. The zero-order chi connectivity index (χ0) is 20.1. The molecule has 2 aromatic carbocycles. The van der Waals surface area contributed by atoms with Gasteiger partial charge in [-0.15, -0.1) is 0 Å². The molecule has 150 valence electrons. The highest BCUT2D eigenvalue weighted by atomic mass is 16.5. The number of aliphatic hydroxyl groups is 3. The maximum atomic E-state index is 11.6. The van der Waals surface area contributed by atoms with E-state index in [0.29, 0.717) is 16.9 Å². The van der Waals surface area contributed by atoms with E-state index in [9.17, 15) is 20.1 Å². The Morgan fingerprint density at radius 3 is 2.61 bits per heavy atom. The standard InChI is InChI=1S/C21H24O7/c1-26-21(25)15-4-2-3-13(9-15)12-27-16-7-5-14(6-8-16)20-19(24)18(23)10-17(11-22)28-20/h2-9,17-20,22-24H,10-12H2,1H3/t17-,18-,19-,20?/m0/s1. The fraction of sp³-hybridized carbons (Fsp3) is 0.381. The third-order valence-electron chi connectivity index (χ3n) is 4.71. The summed E-state index contributed by atoms with van der Waals surface area (Å²) in [5, 5.41) is 29.4. The zero-order valence-electron chi connectivity index (χ0n) is 15.5.